The number of halogens is 1. The number of rotatable bonds is 2. The number of aliphatic hydroxyl groups excluding tert-OH is 1. The van der Waals surface area contributed by atoms with Gasteiger partial charge in [-0.1, -0.05) is 6.07 Å². The summed E-state index contributed by atoms with van der Waals surface area (Å²) in [4.78, 5) is 15.4. The topological polar surface area (TPSA) is 55.8 Å². The second-order valence-corrected chi connectivity index (χ2v) is 4.87. The molecule has 1 unspecified atom stereocenters. The zero-order valence-corrected chi connectivity index (χ0v) is 10.5. The van der Waals surface area contributed by atoms with Crippen LogP contribution in [0.2, 0.25) is 0 Å². The van der Waals surface area contributed by atoms with E-state index in [2.05, 4.69) is 5.32 Å². The van der Waals surface area contributed by atoms with Gasteiger partial charge in [0.25, 0.3) is 0 Å². The van der Waals surface area contributed by atoms with E-state index in [0.717, 1.165) is 5.69 Å². The van der Waals surface area contributed by atoms with E-state index in [4.69, 9.17) is 0 Å². The predicted molar refractivity (Wildman–Crippen MR) is 68.4 cm³/mol. The van der Waals surface area contributed by atoms with Crippen molar-refractivity contribution >= 4 is 11.7 Å². The molecule has 1 aromatic rings. The number of nitrogens with one attached hydrogen (secondary N) is 1. The second kappa shape index (κ2) is 4.70. The number of urea groups is 1. The zero-order valence-electron chi connectivity index (χ0n) is 10.5. The number of amides is 2. The van der Waals surface area contributed by atoms with Crippen LogP contribution in [-0.2, 0) is 6.61 Å². The number of nitrogens with zero attached hydrogens (tertiary/aromatic N) is 2. The number of carbonyl (C=O) groups excluding carboxylic acids is 1. The van der Waals surface area contributed by atoms with Gasteiger partial charge in [-0.2, -0.15) is 0 Å². The molecule has 2 heterocycles. The van der Waals surface area contributed by atoms with Crippen LogP contribution in [0.25, 0.3) is 0 Å². The Hall–Kier alpha value is -1.82. The summed E-state index contributed by atoms with van der Waals surface area (Å²) in [6.45, 7) is 2.25. The molecule has 3 rings (SSSR count). The molecule has 0 spiro atoms. The molecule has 2 fully saturated rings. The molecule has 1 atom stereocenters. The van der Waals surface area contributed by atoms with Crippen molar-refractivity contribution in [2.75, 3.05) is 31.1 Å². The molecule has 2 amide bonds. The Labute approximate surface area is 110 Å². The summed E-state index contributed by atoms with van der Waals surface area (Å²) >= 11 is 0. The Morgan fingerprint density at radius 3 is 3.05 bits per heavy atom. The van der Waals surface area contributed by atoms with Crippen molar-refractivity contribution in [3.63, 3.8) is 0 Å². The molecule has 2 N–H and O–H groups in total. The van der Waals surface area contributed by atoms with Crippen molar-refractivity contribution in [1.29, 1.82) is 0 Å². The van der Waals surface area contributed by atoms with Crippen LogP contribution >= 0.6 is 0 Å². The average Bonchev–Trinajstić information content (AvgIpc) is 2.79. The lowest BCUT2D eigenvalue weighted by Crippen LogP contribution is -2.52. The Morgan fingerprint density at radius 1 is 1.42 bits per heavy atom. The van der Waals surface area contributed by atoms with E-state index in [9.17, 15) is 14.3 Å². The molecule has 0 saturated carbocycles. The van der Waals surface area contributed by atoms with Crippen molar-refractivity contribution in [3.8, 4) is 0 Å². The van der Waals surface area contributed by atoms with Gasteiger partial charge >= 0.3 is 6.03 Å². The Balaban J connectivity index is 1.84. The van der Waals surface area contributed by atoms with Crippen molar-refractivity contribution in [2.24, 2.45) is 0 Å². The molecule has 5 nitrogen and oxygen atoms in total. The average molecular weight is 265 g/mol. The molecule has 1 aromatic carbocycles. The molecule has 0 aromatic heterocycles. The van der Waals surface area contributed by atoms with Crippen LogP contribution in [-0.4, -0.2) is 48.3 Å². The van der Waals surface area contributed by atoms with E-state index < -0.39 is 0 Å². The fourth-order valence-electron chi connectivity index (χ4n) is 2.82. The van der Waals surface area contributed by atoms with Gasteiger partial charge in [0.1, 0.15) is 5.82 Å². The number of hydrogen-bond donors (Lipinski definition) is 2. The first kappa shape index (κ1) is 12.2. The van der Waals surface area contributed by atoms with Gasteiger partial charge in [-0.3, -0.25) is 0 Å². The third kappa shape index (κ3) is 2.02. The molecule has 0 radical (unpaired) electrons. The Morgan fingerprint density at radius 2 is 2.26 bits per heavy atom. The molecule has 2 aliphatic rings. The molecule has 102 valence electrons. The van der Waals surface area contributed by atoms with Gasteiger partial charge in [0.15, 0.2) is 0 Å². The van der Waals surface area contributed by atoms with E-state index in [1.807, 2.05) is 15.9 Å². The van der Waals surface area contributed by atoms with Crippen molar-refractivity contribution in [1.82, 2.24) is 10.2 Å². The van der Waals surface area contributed by atoms with Crippen LogP contribution < -0.4 is 10.2 Å². The minimum Gasteiger partial charge on any atom is -0.391 e. The van der Waals surface area contributed by atoms with Gasteiger partial charge in [0, 0.05) is 37.4 Å². The fourth-order valence-corrected chi connectivity index (χ4v) is 2.82. The monoisotopic (exact) mass is 265 g/mol. The Kier molecular flexibility index (Phi) is 3.02. The van der Waals surface area contributed by atoms with Gasteiger partial charge < -0.3 is 20.2 Å². The summed E-state index contributed by atoms with van der Waals surface area (Å²) in [7, 11) is 0. The minimum absolute atomic E-state index is 0.0220. The summed E-state index contributed by atoms with van der Waals surface area (Å²) in [5.74, 6) is -0.386. The molecular formula is C13H16FN3O2. The van der Waals surface area contributed by atoms with Gasteiger partial charge in [-0.15, -0.1) is 0 Å². The first-order chi connectivity index (χ1) is 9.20. The maximum Gasteiger partial charge on any atom is 0.317 e. The first-order valence-electron chi connectivity index (χ1n) is 6.38. The minimum atomic E-state index is -0.386. The molecule has 0 aliphatic carbocycles. The van der Waals surface area contributed by atoms with Crippen LogP contribution in [0, 0.1) is 5.82 Å². The highest BCUT2D eigenvalue weighted by molar-refractivity contribution is 5.77. The van der Waals surface area contributed by atoms with E-state index >= 15 is 0 Å². The smallest absolute Gasteiger partial charge is 0.317 e. The van der Waals surface area contributed by atoms with Crippen LogP contribution in [0.5, 0.6) is 0 Å². The third-order valence-electron chi connectivity index (χ3n) is 3.83. The summed E-state index contributed by atoms with van der Waals surface area (Å²) in [5, 5.41) is 12.1. The lowest BCUT2D eigenvalue weighted by Gasteiger charge is -2.38. The number of carbonyl (C=O) groups is 1. The number of fused-ring (bicyclic) bond motifs is 1. The number of piperazine rings is 1. The van der Waals surface area contributed by atoms with Crippen molar-refractivity contribution in [2.45, 2.75) is 12.6 Å². The maximum atomic E-state index is 13.7. The predicted octanol–water partition coefficient (Wildman–Crippen LogP) is 0.532. The SMILES string of the molecule is O=C1NCC2CN(c3cccc(F)c3CO)CCN12. The Bertz CT molecular complexity index is 509. The molecule has 0 bridgehead atoms. The largest absolute Gasteiger partial charge is 0.391 e. The van der Waals surface area contributed by atoms with Crippen LogP contribution in [0.4, 0.5) is 14.9 Å². The van der Waals surface area contributed by atoms with E-state index in [0.29, 0.717) is 31.7 Å². The first-order valence-corrected chi connectivity index (χ1v) is 6.38. The van der Waals surface area contributed by atoms with E-state index in [1.165, 1.54) is 6.07 Å². The quantitative estimate of drug-likeness (QED) is 0.820. The lowest BCUT2D eigenvalue weighted by molar-refractivity contribution is 0.197. The number of hydrogen-bond acceptors (Lipinski definition) is 3. The highest BCUT2D eigenvalue weighted by atomic mass is 19.1. The molecular weight excluding hydrogens is 249 g/mol. The van der Waals surface area contributed by atoms with Gasteiger partial charge in [0.2, 0.25) is 0 Å². The zero-order chi connectivity index (χ0) is 13.4. The second-order valence-electron chi connectivity index (χ2n) is 4.87. The third-order valence-corrected chi connectivity index (χ3v) is 3.83. The molecule has 2 saturated heterocycles. The highest BCUT2D eigenvalue weighted by Crippen LogP contribution is 2.26. The number of benzene rings is 1. The highest BCUT2D eigenvalue weighted by Gasteiger charge is 2.35. The van der Waals surface area contributed by atoms with Gasteiger partial charge in [-0.25, -0.2) is 9.18 Å². The molecule has 2 aliphatic heterocycles. The number of anilines is 1. The molecule has 6 heteroatoms. The number of aliphatic hydroxyl groups is 1. The standard InChI is InChI=1S/C13H16FN3O2/c14-11-2-1-3-12(10(11)8-18)16-4-5-17-9(7-16)6-15-13(17)19/h1-3,9,18H,4-8H2,(H,15,19). The molecule has 19 heavy (non-hydrogen) atoms. The van der Waals surface area contributed by atoms with Crippen LogP contribution in [0.15, 0.2) is 18.2 Å². The summed E-state index contributed by atoms with van der Waals surface area (Å²) in [6.07, 6.45) is 0. The summed E-state index contributed by atoms with van der Waals surface area (Å²) < 4.78 is 13.7. The van der Waals surface area contributed by atoms with E-state index in [-0.39, 0.29) is 24.5 Å². The van der Waals surface area contributed by atoms with Crippen LogP contribution in [0.3, 0.4) is 0 Å². The van der Waals surface area contributed by atoms with Gasteiger partial charge in [0.05, 0.1) is 12.6 Å². The fraction of sp³-hybridized carbons (Fsp3) is 0.462. The van der Waals surface area contributed by atoms with Crippen molar-refractivity contribution < 1.29 is 14.3 Å². The maximum absolute atomic E-state index is 13.7. The van der Waals surface area contributed by atoms with Crippen molar-refractivity contribution in [3.05, 3.63) is 29.6 Å². The van der Waals surface area contributed by atoms with Gasteiger partial charge in [-0.05, 0) is 12.1 Å². The summed E-state index contributed by atoms with van der Waals surface area (Å²) in [6, 6.07) is 4.91. The van der Waals surface area contributed by atoms with Crippen LogP contribution in [0.1, 0.15) is 5.56 Å². The normalized spacial score (nSPS) is 22.4. The summed E-state index contributed by atoms with van der Waals surface area (Å²) in [5.41, 5.74) is 1.05. The van der Waals surface area contributed by atoms with E-state index in [1.54, 1.807) is 6.07 Å². The lowest BCUT2D eigenvalue weighted by atomic mass is 10.1.